The molecule has 0 radical (unpaired) electrons. The maximum atomic E-state index is 11.8. The van der Waals surface area contributed by atoms with Crippen LogP contribution in [0, 0.1) is 0 Å². The van der Waals surface area contributed by atoms with Crippen molar-refractivity contribution in [3.05, 3.63) is 36.4 Å². The van der Waals surface area contributed by atoms with Gasteiger partial charge in [0.15, 0.2) is 5.65 Å². The zero-order valence-corrected chi connectivity index (χ0v) is 15.3. The molecule has 0 saturated heterocycles. The molecule has 0 saturated carbocycles. The van der Waals surface area contributed by atoms with Gasteiger partial charge in [-0.05, 0) is 36.4 Å². The van der Waals surface area contributed by atoms with Crippen molar-refractivity contribution in [1.82, 2.24) is 25.1 Å². The SMILES string of the molecule is COCCNC(=O)CSc1nnc2ccc(-c3ccc(OC)cc3)nn12. The molecular weight excluding hydrogens is 354 g/mol. The normalized spacial score (nSPS) is 10.8. The zero-order valence-electron chi connectivity index (χ0n) is 14.5. The number of ether oxygens (including phenoxy) is 2. The van der Waals surface area contributed by atoms with Crippen molar-refractivity contribution in [3.8, 4) is 17.0 Å². The summed E-state index contributed by atoms with van der Waals surface area (Å²) in [6.45, 7) is 0.966. The van der Waals surface area contributed by atoms with Crippen LogP contribution in [-0.4, -0.2) is 58.8 Å². The van der Waals surface area contributed by atoms with Gasteiger partial charge in [0.2, 0.25) is 11.1 Å². The Labute approximate surface area is 154 Å². The summed E-state index contributed by atoms with van der Waals surface area (Å²) in [5, 5.41) is 16.1. The van der Waals surface area contributed by atoms with E-state index in [1.807, 2.05) is 36.4 Å². The van der Waals surface area contributed by atoms with Crippen molar-refractivity contribution in [2.75, 3.05) is 33.1 Å². The van der Waals surface area contributed by atoms with Crippen molar-refractivity contribution in [2.24, 2.45) is 0 Å². The van der Waals surface area contributed by atoms with E-state index in [9.17, 15) is 4.79 Å². The summed E-state index contributed by atoms with van der Waals surface area (Å²) in [4.78, 5) is 11.8. The smallest absolute Gasteiger partial charge is 0.230 e. The number of amides is 1. The molecule has 2 heterocycles. The van der Waals surface area contributed by atoms with Gasteiger partial charge < -0.3 is 14.8 Å². The number of aromatic nitrogens is 4. The van der Waals surface area contributed by atoms with Crippen LogP contribution < -0.4 is 10.1 Å². The number of nitrogens with one attached hydrogen (secondary N) is 1. The van der Waals surface area contributed by atoms with Crippen LogP contribution in [0.3, 0.4) is 0 Å². The number of carbonyl (C=O) groups is 1. The number of nitrogens with zero attached hydrogens (tertiary/aromatic N) is 4. The second-order valence-electron chi connectivity index (χ2n) is 5.33. The summed E-state index contributed by atoms with van der Waals surface area (Å²) in [6.07, 6.45) is 0. The molecule has 9 heteroatoms. The standard InChI is InChI=1S/C17H19N5O3S/c1-24-10-9-18-16(23)11-26-17-20-19-15-8-7-14(21-22(15)17)12-3-5-13(25-2)6-4-12/h3-8H,9-11H2,1-2H3,(H,18,23). The van der Waals surface area contributed by atoms with Gasteiger partial charge in [-0.1, -0.05) is 11.8 Å². The molecule has 0 aliphatic carbocycles. The van der Waals surface area contributed by atoms with Gasteiger partial charge in [-0.3, -0.25) is 4.79 Å². The number of carbonyl (C=O) groups excluding carboxylic acids is 1. The van der Waals surface area contributed by atoms with Crippen LogP contribution in [0.15, 0.2) is 41.6 Å². The third-order valence-electron chi connectivity index (χ3n) is 3.58. The zero-order chi connectivity index (χ0) is 18.4. The van der Waals surface area contributed by atoms with E-state index in [2.05, 4.69) is 20.6 Å². The van der Waals surface area contributed by atoms with Gasteiger partial charge in [0.1, 0.15) is 5.75 Å². The molecule has 1 N–H and O–H groups in total. The lowest BCUT2D eigenvalue weighted by Gasteiger charge is -2.05. The fourth-order valence-corrected chi connectivity index (χ4v) is 2.97. The van der Waals surface area contributed by atoms with Gasteiger partial charge in [0.25, 0.3) is 0 Å². The predicted octanol–water partition coefficient (Wildman–Crippen LogP) is 1.65. The molecule has 0 unspecified atom stereocenters. The van der Waals surface area contributed by atoms with E-state index in [4.69, 9.17) is 9.47 Å². The summed E-state index contributed by atoms with van der Waals surface area (Å²) in [5.74, 6) is 0.934. The molecule has 0 spiro atoms. The summed E-state index contributed by atoms with van der Waals surface area (Å²) in [7, 11) is 3.22. The molecule has 136 valence electrons. The Bertz CT molecular complexity index is 882. The molecule has 3 aromatic rings. The Morgan fingerprint density at radius 1 is 1.15 bits per heavy atom. The van der Waals surface area contributed by atoms with Crippen LogP contribution in [-0.2, 0) is 9.53 Å². The van der Waals surface area contributed by atoms with Crippen LogP contribution in [0.2, 0.25) is 0 Å². The number of rotatable bonds is 8. The maximum absolute atomic E-state index is 11.8. The van der Waals surface area contributed by atoms with Gasteiger partial charge in [-0.2, -0.15) is 9.61 Å². The Kier molecular flexibility index (Phi) is 6.03. The van der Waals surface area contributed by atoms with Gasteiger partial charge in [-0.15, -0.1) is 10.2 Å². The van der Waals surface area contributed by atoms with Gasteiger partial charge in [0, 0.05) is 19.2 Å². The molecule has 8 nitrogen and oxygen atoms in total. The molecule has 0 aliphatic rings. The largest absolute Gasteiger partial charge is 0.497 e. The number of benzene rings is 1. The number of methoxy groups -OCH3 is 2. The summed E-state index contributed by atoms with van der Waals surface area (Å²) < 4.78 is 11.7. The summed E-state index contributed by atoms with van der Waals surface area (Å²) in [5.41, 5.74) is 2.37. The van der Waals surface area contributed by atoms with Crippen LogP contribution in [0.1, 0.15) is 0 Å². The maximum Gasteiger partial charge on any atom is 0.230 e. The summed E-state index contributed by atoms with van der Waals surface area (Å²) >= 11 is 1.29. The highest BCUT2D eigenvalue weighted by molar-refractivity contribution is 7.99. The highest BCUT2D eigenvalue weighted by atomic mass is 32.2. The van der Waals surface area contributed by atoms with E-state index in [1.165, 1.54) is 11.8 Å². The summed E-state index contributed by atoms with van der Waals surface area (Å²) in [6, 6.07) is 11.4. The molecule has 2 aromatic heterocycles. The fraction of sp³-hybridized carbons (Fsp3) is 0.294. The molecule has 3 rings (SSSR count). The van der Waals surface area contributed by atoms with Crippen molar-refractivity contribution in [2.45, 2.75) is 5.16 Å². The molecule has 0 aliphatic heterocycles. The van der Waals surface area contributed by atoms with Crippen LogP contribution >= 0.6 is 11.8 Å². The highest BCUT2D eigenvalue weighted by Crippen LogP contribution is 2.22. The molecule has 0 atom stereocenters. The Hall–Kier alpha value is -2.65. The second-order valence-corrected chi connectivity index (χ2v) is 6.27. The first-order valence-electron chi connectivity index (χ1n) is 7.96. The monoisotopic (exact) mass is 373 g/mol. The third-order valence-corrected chi connectivity index (χ3v) is 4.50. The van der Waals surface area contributed by atoms with E-state index in [0.29, 0.717) is 24.0 Å². The first-order valence-corrected chi connectivity index (χ1v) is 8.95. The lowest BCUT2D eigenvalue weighted by molar-refractivity contribution is -0.118. The molecular formula is C17H19N5O3S. The van der Waals surface area contributed by atoms with Crippen molar-refractivity contribution in [3.63, 3.8) is 0 Å². The molecule has 0 fully saturated rings. The predicted molar refractivity (Wildman–Crippen MR) is 98.4 cm³/mol. The van der Waals surface area contributed by atoms with Crippen LogP contribution in [0.4, 0.5) is 0 Å². The minimum absolute atomic E-state index is 0.0879. The second kappa shape index (κ2) is 8.63. The minimum atomic E-state index is -0.0879. The third kappa shape index (κ3) is 4.30. The van der Waals surface area contributed by atoms with Crippen LogP contribution in [0.5, 0.6) is 5.75 Å². The van der Waals surface area contributed by atoms with Crippen molar-refractivity contribution >= 4 is 23.3 Å². The van der Waals surface area contributed by atoms with Crippen LogP contribution in [0.25, 0.3) is 16.9 Å². The van der Waals surface area contributed by atoms with E-state index in [1.54, 1.807) is 18.7 Å². The molecule has 26 heavy (non-hydrogen) atoms. The topological polar surface area (TPSA) is 90.6 Å². The Morgan fingerprint density at radius 3 is 2.69 bits per heavy atom. The average Bonchev–Trinajstić information content (AvgIpc) is 3.09. The van der Waals surface area contributed by atoms with E-state index < -0.39 is 0 Å². The van der Waals surface area contributed by atoms with E-state index >= 15 is 0 Å². The van der Waals surface area contributed by atoms with Gasteiger partial charge in [0.05, 0.1) is 25.2 Å². The first kappa shape index (κ1) is 18.2. The number of hydrogen-bond acceptors (Lipinski definition) is 7. The van der Waals surface area contributed by atoms with E-state index in [0.717, 1.165) is 17.0 Å². The van der Waals surface area contributed by atoms with E-state index in [-0.39, 0.29) is 11.7 Å². The molecule has 0 bridgehead atoms. The number of hydrogen-bond donors (Lipinski definition) is 1. The molecule has 1 aromatic carbocycles. The number of fused-ring (bicyclic) bond motifs is 1. The number of thioether (sulfide) groups is 1. The fourth-order valence-electron chi connectivity index (χ4n) is 2.25. The van der Waals surface area contributed by atoms with Gasteiger partial charge in [-0.25, -0.2) is 0 Å². The lowest BCUT2D eigenvalue weighted by Crippen LogP contribution is -2.28. The highest BCUT2D eigenvalue weighted by Gasteiger charge is 2.11. The van der Waals surface area contributed by atoms with Crippen molar-refractivity contribution < 1.29 is 14.3 Å². The lowest BCUT2D eigenvalue weighted by atomic mass is 10.1. The average molecular weight is 373 g/mol. The quantitative estimate of drug-likeness (QED) is 0.474. The Balaban J connectivity index is 1.74. The molecule has 1 amide bonds. The Morgan fingerprint density at radius 2 is 1.96 bits per heavy atom. The van der Waals surface area contributed by atoms with Gasteiger partial charge >= 0.3 is 0 Å². The van der Waals surface area contributed by atoms with Crippen molar-refractivity contribution in [1.29, 1.82) is 0 Å². The first-order chi connectivity index (χ1) is 12.7. The minimum Gasteiger partial charge on any atom is -0.497 e.